The molecule has 0 atom stereocenters. The van der Waals surface area contributed by atoms with Crippen LogP contribution in [0.5, 0.6) is 0 Å². The molecule has 0 fully saturated rings. The van der Waals surface area contributed by atoms with Gasteiger partial charge in [0.25, 0.3) is 5.91 Å². The van der Waals surface area contributed by atoms with E-state index in [9.17, 15) is 4.79 Å². The quantitative estimate of drug-likeness (QED) is 0.765. The van der Waals surface area contributed by atoms with Crippen molar-refractivity contribution in [3.63, 3.8) is 0 Å². The number of hydrogen-bond acceptors (Lipinski definition) is 2. The van der Waals surface area contributed by atoms with Crippen molar-refractivity contribution in [1.29, 1.82) is 0 Å². The summed E-state index contributed by atoms with van der Waals surface area (Å²) >= 11 is 0. The van der Waals surface area contributed by atoms with Crippen LogP contribution in [0.15, 0.2) is 24.3 Å². The largest absolute Gasteiger partial charge is 0.348 e. The first-order valence-corrected chi connectivity index (χ1v) is 4.87. The topological polar surface area (TPSA) is 42.0 Å². The molecule has 1 aromatic heterocycles. The highest BCUT2D eigenvalue weighted by Gasteiger charge is 2.08. The summed E-state index contributed by atoms with van der Waals surface area (Å²) in [5, 5.41) is 2.78. The molecule has 1 rings (SSSR count). The Labute approximate surface area is 90.2 Å². The van der Waals surface area contributed by atoms with E-state index in [1.165, 1.54) is 0 Å². The number of carbonyl (C=O) groups excluding carboxylic acids is 1. The number of amides is 1. The average molecular weight is 204 g/mol. The summed E-state index contributed by atoms with van der Waals surface area (Å²) in [6.45, 7) is 9.85. The maximum absolute atomic E-state index is 11.7. The molecule has 1 heterocycles. The highest BCUT2D eigenvalue weighted by molar-refractivity contribution is 5.95. The van der Waals surface area contributed by atoms with Crippen molar-refractivity contribution < 1.29 is 4.79 Å². The van der Waals surface area contributed by atoms with Crippen LogP contribution < -0.4 is 5.32 Å². The van der Waals surface area contributed by atoms with Gasteiger partial charge in [-0.05, 0) is 32.9 Å². The van der Waals surface area contributed by atoms with Crippen LogP contribution in [0.4, 0.5) is 0 Å². The minimum absolute atomic E-state index is 0.0944. The van der Waals surface area contributed by atoms with Crippen molar-refractivity contribution in [1.82, 2.24) is 10.3 Å². The van der Waals surface area contributed by atoms with Crippen LogP contribution in [0.1, 0.15) is 28.7 Å². The van der Waals surface area contributed by atoms with Crippen LogP contribution in [-0.2, 0) is 0 Å². The molecule has 15 heavy (non-hydrogen) atoms. The minimum atomic E-state index is -0.0944. The first kappa shape index (κ1) is 11.4. The van der Waals surface area contributed by atoms with E-state index in [1.54, 1.807) is 6.07 Å². The number of carbonyl (C=O) groups is 1. The SMILES string of the molecule is C=C(C)CNC(=O)c1ccc(C)nc1C. The lowest BCUT2D eigenvalue weighted by Gasteiger charge is -2.07. The second-order valence-electron chi connectivity index (χ2n) is 3.73. The number of nitrogens with zero attached hydrogens (tertiary/aromatic N) is 1. The highest BCUT2D eigenvalue weighted by Crippen LogP contribution is 2.06. The fourth-order valence-electron chi connectivity index (χ4n) is 1.25. The molecule has 1 N–H and O–H groups in total. The molecule has 3 nitrogen and oxygen atoms in total. The maximum atomic E-state index is 11.7. The molecule has 80 valence electrons. The van der Waals surface area contributed by atoms with Gasteiger partial charge in [-0.3, -0.25) is 9.78 Å². The lowest BCUT2D eigenvalue weighted by Crippen LogP contribution is -2.25. The fraction of sp³-hybridized carbons (Fsp3) is 0.333. The summed E-state index contributed by atoms with van der Waals surface area (Å²) in [6.07, 6.45) is 0. The summed E-state index contributed by atoms with van der Waals surface area (Å²) in [7, 11) is 0. The highest BCUT2D eigenvalue weighted by atomic mass is 16.1. The minimum Gasteiger partial charge on any atom is -0.348 e. The lowest BCUT2D eigenvalue weighted by atomic mass is 10.1. The molecule has 3 heteroatoms. The third kappa shape index (κ3) is 3.20. The van der Waals surface area contributed by atoms with Gasteiger partial charge in [-0.2, -0.15) is 0 Å². The first-order chi connectivity index (χ1) is 7.00. The van der Waals surface area contributed by atoms with E-state index in [0.29, 0.717) is 12.1 Å². The van der Waals surface area contributed by atoms with Gasteiger partial charge in [0.2, 0.25) is 0 Å². The van der Waals surface area contributed by atoms with Crippen LogP contribution in [0.3, 0.4) is 0 Å². The number of rotatable bonds is 3. The summed E-state index contributed by atoms with van der Waals surface area (Å²) in [6, 6.07) is 3.63. The molecule has 1 aromatic rings. The molecular weight excluding hydrogens is 188 g/mol. The van der Waals surface area contributed by atoms with Crippen molar-refractivity contribution in [3.05, 3.63) is 41.2 Å². The molecule has 0 aromatic carbocycles. The van der Waals surface area contributed by atoms with Crippen molar-refractivity contribution in [2.24, 2.45) is 0 Å². The molecule has 1 amide bonds. The van der Waals surface area contributed by atoms with Gasteiger partial charge in [0.05, 0.1) is 11.3 Å². The van der Waals surface area contributed by atoms with E-state index < -0.39 is 0 Å². The van der Waals surface area contributed by atoms with Gasteiger partial charge < -0.3 is 5.32 Å². The Morgan fingerprint density at radius 2 is 2.13 bits per heavy atom. The van der Waals surface area contributed by atoms with E-state index in [1.807, 2.05) is 26.8 Å². The van der Waals surface area contributed by atoms with E-state index in [2.05, 4.69) is 16.9 Å². The Morgan fingerprint density at radius 1 is 1.47 bits per heavy atom. The molecule has 0 aliphatic carbocycles. The standard InChI is InChI=1S/C12H16N2O/c1-8(2)7-13-12(15)11-6-5-9(3)14-10(11)4/h5-6H,1,7H2,2-4H3,(H,13,15). The van der Waals surface area contributed by atoms with Crippen LogP contribution in [0.25, 0.3) is 0 Å². The van der Waals surface area contributed by atoms with E-state index in [0.717, 1.165) is 17.0 Å². The zero-order chi connectivity index (χ0) is 11.4. The third-order valence-corrected chi connectivity index (χ3v) is 2.02. The smallest absolute Gasteiger partial charge is 0.253 e. The molecular formula is C12H16N2O. The molecule has 0 radical (unpaired) electrons. The summed E-state index contributed by atoms with van der Waals surface area (Å²) in [5.74, 6) is -0.0944. The molecule has 0 saturated carbocycles. The van der Waals surface area contributed by atoms with Gasteiger partial charge in [0.1, 0.15) is 0 Å². The zero-order valence-corrected chi connectivity index (χ0v) is 9.42. The first-order valence-electron chi connectivity index (χ1n) is 4.87. The van der Waals surface area contributed by atoms with Gasteiger partial charge in [0.15, 0.2) is 0 Å². The van der Waals surface area contributed by atoms with Gasteiger partial charge in [0, 0.05) is 12.2 Å². The van der Waals surface area contributed by atoms with Gasteiger partial charge in [-0.25, -0.2) is 0 Å². The molecule has 0 saturated heterocycles. The van der Waals surface area contributed by atoms with Crippen molar-refractivity contribution >= 4 is 5.91 Å². The monoisotopic (exact) mass is 204 g/mol. The van der Waals surface area contributed by atoms with Crippen LogP contribution >= 0.6 is 0 Å². The Bertz CT molecular complexity index is 397. The summed E-state index contributed by atoms with van der Waals surface area (Å²) in [4.78, 5) is 15.9. The molecule has 0 unspecified atom stereocenters. The average Bonchev–Trinajstić information content (AvgIpc) is 2.14. The Hall–Kier alpha value is -1.64. The third-order valence-electron chi connectivity index (χ3n) is 2.02. The van der Waals surface area contributed by atoms with E-state index in [-0.39, 0.29) is 5.91 Å². The number of pyridine rings is 1. The van der Waals surface area contributed by atoms with Crippen LogP contribution in [0, 0.1) is 13.8 Å². The molecule has 0 bridgehead atoms. The second kappa shape index (κ2) is 4.73. The van der Waals surface area contributed by atoms with Crippen molar-refractivity contribution in [2.45, 2.75) is 20.8 Å². The number of aryl methyl sites for hydroxylation is 2. The van der Waals surface area contributed by atoms with Crippen LogP contribution in [-0.4, -0.2) is 17.4 Å². The van der Waals surface area contributed by atoms with Gasteiger partial charge in [-0.1, -0.05) is 12.2 Å². The summed E-state index contributed by atoms with van der Waals surface area (Å²) in [5.41, 5.74) is 3.24. The predicted octanol–water partition coefficient (Wildman–Crippen LogP) is 2.00. The molecule has 0 aliphatic rings. The zero-order valence-electron chi connectivity index (χ0n) is 9.42. The van der Waals surface area contributed by atoms with Crippen LogP contribution in [0.2, 0.25) is 0 Å². The van der Waals surface area contributed by atoms with E-state index in [4.69, 9.17) is 0 Å². The number of hydrogen-bond donors (Lipinski definition) is 1. The normalized spacial score (nSPS) is 9.80. The second-order valence-corrected chi connectivity index (χ2v) is 3.73. The Balaban J connectivity index is 2.78. The predicted molar refractivity (Wildman–Crippen MR) is 60.9 cm³/mol. The van der Waals surface area contributed by atoms with E-state index >= 15 is 0 Å². The van der Waals surface area contributed by atoms with Gasteiger partial charge in [-0.15, -0.1) is 0 Å². The lowest BCUT2D eigenvalue weighted by molar-refractivity contribution is 0.0956. The molecule has 0 aliphatic heterocycles. The Kier molecular flexibility index (Phi) is 3.61. The van der Waals surface area contributed by atoms with Crippen molar-refractivity contribution in [3.8, 4) is 0 Å². The van der Waals surface area contributed by atoms with Gasteiger partial charge >= 0.3 is 0 Å². The number of nitrogens with one attached hydrogen (secondary N) is 1. The number of aromatic nitrogens is 1. The molecule has 0 spiro atoms. The summed E-state index contributed by atoms with van der Waals surface area (Å²) < 4.78 is 0. The Morgan fingerprint density at radius 3 is 2.67 bits per heavy atom. The van der Waals surface area contributed by atoms with Crippen molar-refractivity contribution in [2.75, 3.05) is 6.54 Å². The fourth-order valence-corrected chi connectivity index (χ4v) is 1.25. The maximum Gasteiger partial charge on any atom is 0.253 e.